The van der Waals surface area contributed by atoms with Crippen molar-refractivity contribution in [1.82, 2.24) is 24.7 Å². The Labute approximate surface area is 359 Å². The van der Waals surface area contributed by atoms with Gasteiger partial charge in [0.1, 0.15) is 25.9 Å². The Morgan fingerprint density at radius 2 is 1.39 bits per heavy atom. The molecule has 5 aromatic rings. The zero-order valence-corrected chi connectivity index (χ0v) is 35.6. The van der Waals surface area contributed by atoms with Crippen molar-refractivity contribution >= 4 is 89.7 Å². The summed E-state index contributed by atoms with van der Waals surface area (Å²) < 4.78 is 71.1. The average molecular weight is 793 g/mol. The monoisotopic (exact) mass is 791 g/mol. The summed E-state index contributed by atoms with van der Waals surface area (Å²) in [5.74, 6) is 0.0265. The second kappa shape index (κ2) is 17.9. The van der Waals surface area contributed by atoms with E-state index in [0.29, 0.717) is 5.69 Å². The van der Waals surface area contributed by atoms with Crippen LogP contribution in [0.4, 0.5) is 34.6 Å². The van der Waals surface area contributed by atoms with Crippen LogP contribution in [0.25, 0.3) is 5.69 Å². The summed E-state index contributed by atoms with van der Waals surface area (Å²) in [5, 5.41) is 15.1. The number of nitrogens with zero attached hydrogens (tertiary/aromatic N) is 6. The molecule has 0 saturated heterocycles. The fraction of sp³-hybridized carbons (Fsp3) is 0.0400. The minimum atomic E-state index is -5.06. The molecule has 0 fully saturated rings. The number of nitrogens with one attached hydrogen (secondary N) is 3. The van der Waals surface area contributed by atoms with E-state index in [-0.39, 0.29) is 134 Å². The summed E-state index contributed by atoms with van der Waals surface area (Å²) >= 11 is 18.1. The van der Waals surface area contributed by atoms with Crippen molar-refractivity contribution in [1.29, 1.82) is 0 Å². The van der Waals surface area contributed by atoms with Crippen molar-refractivity contribution in [3.8, 4) is 5.69 Å². The zero-order chi connectivity index (χ0) is 33.4. The molecule has 0 aliphatic carbocycles. The summed E-state index contributed by atoms with van der Waals surface area (Å²) in [6.07, 6.45) is 0. The van der Waals surface area contributed by atoms with Gasteiger partial charge < -0.3 is 19.7 Å². The summed E-state index contributed by atoms with van der Waals surface area (Å²) in [4.78, 5) is 23.9. The third-order valence-corrected chi connectivity index (χ3v) is 8.53. The number of rotatable bonds is 9. The van der Waals surface area contributed by atoms with Gasteiger partial charge in [0.05, 0.1) is 31.2 Å². The Balaban J connectivity index is 0.00000278. The van der Waals surface area contributed by atoms with Crippen LogP contribution in [0.2, 0.25) is 15.3 Å². The molecule has 24 heteroatoms. The molecule has 0 bridgehead atoms. The van der Waals surface area contributed by atoms with Gasteiger partial charge in [-0.1, -0.05) is 28.9 Å². The van der Waals surface area contributed by atoms with Gasteiger partial charge in [0.25, 0.3) is 5.56 Å². The quantitative estimate of drug-likeness (QED) is 0.0563. The van der Waals surface area contributed by atoms with E-state index >= 15 is 0 Å². The molecule has 2 aromatic heterocycles. The van der Waals surface area contributed by atoms with Crippen LogP contribution in [-0.4, -0.2) is 50.7 Å². The van der Waals surface area contributed by atoms with Crippen molar-refractivity contribution in [2.75, 3.05) is 10.6 Å². The second-order valence-corrected chi connectivity index (χ2v) is 12.9. The van der Waals surface area contributed by atoms with Crippen molar-refractivity contribution in [2.24, 2.45) is 10.2 Å². The molecule has 0 spiro atoms. The summed E-state index contributed by atoms with van der Waals surface area (Å²) in [6.45, 7) is 1.42. The maximum Gasteiger partial charge on any atom is 1.00 e. The van der Waals surface area contributed by atoms with Crippen LogP contribution < -0.4 is 105 Å². The molecule has 3 aromatic carbocycles. The van der Waals surface area contributed by atoms with Gasteiger partial charge in [-0.25, -0.2) is 21.5 Å². The van der Waals surface area contributed by atoms with Gasteiger partial charge in [0, 0.05) is 5.69 Å². The van der Waals surface area contributed by atoms with E-state index in [1.165, 1.54) is 13.0 Å². The molecule has 16 nitrogen and oxygen atoms in total. The van der Waals surface area contributed by atoms with Crippen molar-refractivity contribution in [3.05, 3.63) is 92.0 Å². The molecule has 0 saturated carbocycles. The predicted molar refractivity (Wildman–Crippen MR) is 164 cm³/mol. The topological polar surface area (TPSA) is 240 Å². The first-order valence-electron chi connectivity index (χ1n) is 12.3. The molecule has 49 heavy (non-hydrogen) atoms. The first-order valence-corrected chi connectivity index (χ1v) is 16.3. The molecule has 0 amide bonds. The standard InChI is InChI=1S/C25H17Cl3N9O7S2.3Na/c1-12-21(22(38)37(36-12)18-10-16(27)20(11-15(18)26)46(42,43)44)35-34-17-9-14(7-8-19(17)45(39,40)41)30-25-32-23(28)31-24(33-25)29-13-5-3-2-4-6-13;;;/h3-11,36H,1H3,(H,39,40,41)(H,42,43,44)(H2,29,30,31,32,33);;;/q-1;3*+1/p-2. The molecule has 0 radical (unpaired) electrons. The van der Waals surface area contributed by atoms with Gasteiger partial charge in [-0.15, -0.1) is 22.4 Å². The van der Waals surface area contributed by atoms with Crippen LogP contribution in [0.5, 0.6) is 0 Å². The van der Waals surface area contributed by atoms with Crippen LogP contribution in [0, 0.1) is 13.0 Å². The number of aromatic nitrogens is 5. The van der Waals surface area contributed by atoms with Crippen molar-refractivity contribution < 1.29 is 115 Å². The minimum Gasteiger partial charge on any atom is -0.744 e. The van der Waals surface area contributed by atoms with E-state index < -0.39 is 46.3 Å². The summed E-state index contributed by atoms with van der Waals surface area (Å²) in [7, 11) is -10.0. The van der Waals surface area contributed by atoms with Gasteiger partial charge in [0.2, 0.25) is 17.2 Å². The van der Waals surface area contributed by atoms with Gasteiger partial charge in [-0.3, -0.25) is 9.89 Å². The molecule has 238 valence electrons. The minimum absolute atomic E-state index is 0. The van der Waals surface area contributed by atoms with Gasteiger partial charge in [-0.05, 0) is 48.9 Å². The van der Waals surface area contributed by atoms with Crippen LogP contribution in [0.1, 0.15) is 5.69 Å². The van der Waals surface area contributed by atoms with E-state index in [1.54, 1.807) is 24.3 Å². The number of azo groups is 1. The van der Waals surface area contributed by atoms with E-state index in [9.17, 15) is 30.7 Å². The largest absolute Gasteiger partial charge is 1.00 e. The van der Waals surface area contributed by atoms with Crippen molar-refractivity contribution in [2.45, 2.75) is 16.7 Å². The average Bonchev–Trinajstić information content (AvgIpc) is 3.24. The Kier molecular flexibility index (Phi) is 15.9. The number of anilines is 4. The maximum atomic E-state index is 13.2. The third-order valence-electron chi connectivity index (χ3n) is 5.88. The Morgan fingerprint density at radius 3 is 1.98 bits per heavy atom. The molecule has 5 rings (SSSR count). The number of aryl methyl sites for hydroxylation is 1. The molecular weight excluding hydrogens is 778 g/mol. The van der Waals surface area contributed by atoms with Crippen LogP contribution in [0.3, 0.4) is 0 Å². The number of H-pyrrole nitrogens is 1. The molecule has 0 atom stereocenters. The predicted octanol–water partition coefficient (Wildman–Crippen LogP) is -3.86. The first kappa shape index (κ1) is 43.7. The fourth-order valence-electron chi connectivity index (χ4n) is 3.89. The van der Waals surface area contributed by atoms with Crippen LogP contribution in [-0.2, 0) is 20.2 Å². The van der Waals surface area contributed by atoms with E-state index in [0.717, 1.165) is 28.9 Å². The van der Waals surface area contributed by atoms with Crippen LogP contribution >= 0.6 is 34.8 Å². The summed E-state index contributed by atoms with van der Waals surface area (Å²) in [6, 6.07) is 14.8. The van der Waals surface area contributed by atoms with Crippen molar-refractivity contribution in [3.63, 3.8) is 0 Å². The number of hydrogen-bond donors (Lipinski definition) is 3. The summed E-state index contributed by atoms with van der Waals surface area (Å²) in [5.41, 5.74) is -0.876. The van der Waals surface area contributed by atoms with Gasteiger partial charge in [-0.2, -0.15) is 33.2 Å². The Morgan fingerprint density at radius 1 is 0.796 bits per heavy atom. The smallest absolute Gasteiger partial charge is 0.744 e. The van der Waals surface area contributed by atoms with E-state index in [2.05, 4.69) is 47.0 Å². The molecule has 3 N–H and O–H groups in total. The normalized spacial score (nSPS) is 11.3. The van der Waals surface area contributed by atoms with E-state index in [4.69, 9.17) is 34.8 Å². The zero-order valence-electron chi connectivity index (χ0n) is 25.7. The first-order chi connectivity index (χ1) is 21.6. The van der Waals surface area contributed by atoms with E-state index in [1.807, 2.05) is 0 Å². The number of halogens is 3. The molecule has 0 unspecified atom stereocenters. The molecule has 2 heterocycles. The maximum absolute atomic E-state index is 13.2. The number of benzene rings is 3. The third kappa shape index (κ3) is 10.8. The van der Waals surface area contributed by atoms with Crippen LogP contribution in [0.15, 0.2) is 79.4 Å². The Hall–Kier alpha value is -1.43. The SMILES string of the molecule is Cc1[nH]n(-c2cc(Cl)c(S(=O)(=O)[O-])cc2Cl)c(=O)c1N=Nc1cc(Nc2nc(Cl)nc(Nc3cc[c-]cc3)n2)ccc1S(=O)(=O)[O-].[Na+].[Na+].[Na+]. The fourth-order valence-corrected chi connectivity index (χ4v) is 5.95. The molecule has 0 aliphatic rings. The Bertz CT molecular complexity index is 2310. The van der Waals surface area contributed by atoms with Gasteiger partial charge >= 0.3 is 88.7 Å². The number of hydrogen-bond acceptors (Lipinski definition) is 14. The number of aromatic amines is 1. The molecule has 0 aliphatic heterocycles. The molecular formula is C25H15Cl3N9Na3O7S2. The van der Waals surface area contributed by atoms with Gasteiger partial charge in [0.15, 0.2) is 5.69 Å². The second-order valence-electron chi connectivity index (χ2n) is 9.04.